The molecule has 0 amide bonds. The third kappa shape index (κ3) is 3.09. The van der Waals surface area contributed by atoms with E-state index in [1.165, 1.54) is 7.11 Å². The minimum atomic E-state index is -0.208. The number of carbonyl (C=O) groups is 1. The summed E-state index contributed by atoms with van der Waals surface area (Å²) in [6.07, 6.45) is 1.79. The van der Waals surface area contributed by atoms with Crippen LogP contribution in [0.3, 0.4) is 0 Å². The highest BCUT2D eigenvalue weighted by molar-refractivity contribution is 5.69. The number of ether oxygens (including phenoxy) is 1. The lowest BCUT2D eigenvalue weighted by Crippen LogP contribution is -2.00. The molecule has 0 heterocycles. The van der Waals surface area contributed by atoms with E-state index in [9.17, 15) is 9.90 Å². The Morgan fingerprint density at radius 3 is 2.79 bits per heavy atom. The smallest absolute Gasteiger partial charge is 0.305 e. The molecule has 0 bridgehead atoms. The summed E-state index contributed by atoms with van der Waals surface area (Å²) in [6.45, 7) is 0. The molecule has 3 nitrogen and oxygen atoms in total. The van der Waals surface area contributed by atoms with Gasteiger partial charge in [0.25, 0.3) is 0 Å². The van der Waals surface area contributed by atoms with Gasteiger partial charge < -0.3 is 9.84 Å². The van der Waals surface area contributed by atoms with E-state index in [1.807, 2.05) is 12.1 Å². The number of aromatic hydroxyl groups is 1. The van der Waals surface area contributed by atoms with Gasteiger partial charge in [0.2, 0.25) is 0 Å². The molecule has 0 aromatic heterocycles. The summed E-state index contributed by atoms with van der Waals surface area (Å²) < 4.78 is 4.52. The van der Waals surface area contributed by atoms with E-state index in [0.717, 1.165) is 5.56 Å². The lowest BCUT2D eigenvalue weighted by Gasteiger charge is -2.02. The van der Waals surface area contributed by atoms with Crippen LogP contribution in [-0.2, 0) is 16.0 Å². The van der Waals surface area contributed by atoms with E-state index >= 15 is 0 Å². The first-order valence-corrected chi connectivity index (χ1v) is 4.57. The van der Waals surface area contributed by atoms with Gasteiger partial charge >= 0.3 is 5.97 Å². The van der Waals surface area contributed by atoms with Crippen LogP contribution in [-0.4, -0.2) is 18.2 Å². The second kappa shape index (κ2) is 5.27. The summed E-state index contributed by atoms with van der Waals surface area (Å²) in [7, 11) is 1.38. The van der Waals surface area contributed by atoms with Gasteiger partial charge in [0.05, 0.1) is 7.11 Å². The van der Waals surface area contributed by atoms with Crippen molar-refractivity contribution in [3.8, 4) is 5.75 Å². The van der Waals surface area contributed by atoms with Gasteiger partial charge in [-0.3, -0.25) is 4.79 Å². The molecule has 0 aliphatic rings. The normalized spacial score (nSPS) is 9.79. The first kappa shape index (κ1) is 10.6. The lowest BCUT2D eigenvalue weighted by molar-refractivity contribution is -0.140. The number of esters is 1. The van der Waals surface area contributed by atoms with Crippen molar-refractivity contribution in [2.24, 2.45) is 0 Å². The number of phenolic OH excluding ortho intramolecular Hbond substituents is 1. The maximum Gasteiger partial charge on any atom is 0.305 e. The molecule has 0 fully saturated rings. The van der Waals surface area contributed by atoms with Crippen molar-refractivity contribution in [2.75, 3.05) is 7.11 Å². The van der Waals surface area contributed by atoms with E-state index in [2.05, 4.69) is 4.74 Å². The Bertz CT molecular complexity index is 307. The molecule has 1 aromatic carbocycles. The highest BCUT2D eigenvalue weighted by Gasteiger charge is 2.02. The second-order valence-electron chi connectivity index (χ2n) is 3.06. The molecule has 0 atom stereocenters. The second-order valence-corrected chi connectivity index (χ2v) is 3.06. The van der Waals surface area contributed by atoms with Crippen molar-refractivity contribution in [1.82, 2.24) is 0 Å². The van der Waals surface area contributed by atoms with Crippen LogP contribution in [0.25, 0.3) is 0 Å². The van der Waals surface area contributed by atoms with Gasteiger partial charge in [-0.15, -0.1) is 0 Å². The quantitative estimate of drug-likeness (QED) is 0.744. The highest BCUT2D eigenvalue weighted by Crippen LogP contribution is 2.17. The summed E-state index contributed by atoms with van der Waals surface area (Å²) >= 11 is 0. The number of para-hydroxylation sites is 1. The van der Waals surface area contributed by atoms with Crippen LogP contribution in [0, 0.1) is 0 Å². The number of hydrogen-bond acceptors (Lipinski definition) is 3. The topological polar surface area (TPSA) is 46.5 Å². The number of rotatable bonds is 4. The number of phenols is 1. The monoisotopic (exact) mass is 194 g/mol. The average molecular weight is 194 g/mol. The van der Waals surface area contributed by atoms with Gasteiger partial charge in [-0.05, 0) is 24.5 Å². The molecule has 0 saturated heterocycles. The van der Waals surface area contributed by atoms with E-state index in [0.29, 0.717) is 19.3 Å². The van der Waals surface area contributed by atoms with Crippen LogP contribution in [0.4, 0.5) is 0 Å². The Morgan fingerprint density at radius 1 is 1.43 bits per heavy atom. The third-order valence-electron chi connectivity index (χ3n) is 2.05. The molecule has 0 saturated carbocycles. The van der Waals surface area contributed by atoms with E-state index in [-0.39, 0.29) is 11.7 Å². The summed E-state index contributed by atoms with van der Waals surface area (Å²) in [5.74, 6) is 0.0813. The van der Waals surface area contributed by atoms with Crippen molar-refractivity contribution in [1.29, 1.82) is 0 Å². The number of aryl methyl sites for hydroxylation is 1. The fourth-order valence-corrected chi connectivity index (χ4v) is 1.25. The number of methoxy groups -OCH3 is 1. The highest BCUT2D eigenvalue weighted by atomic mass is 16.5. The van der Waals surface area contributed by atoms with Crippen molar-refractivity contribution in [2.45, 2.75) is 19.3 Å². The molecule has 3 heteroatoms. The first-order chi connectivity index (χ1) is 6.74. The number of hydrogen-bond donors (Lipinski definition) is 1. The maximum atomic E-state index is 10.8. The summed E-state index contributed by atoms with van der Waals surface area (Å²) in [4.78, 5) is 10.8. The molecule has 0 spiro atoms. The molecule has 1 aromatic rings. The van der Waals surface area contributed by atoms with Crippen LogP contribution in [0.15, 0.2) is 24.3 Å². The largest absolute Gasteiger partial charge is 0.508 e. The zero-order valence-electron chi connectivity index (χ0n) is 8.19. The number of benzene rings is 1. The van der Waals surface area contributed by atoms with Crippen molar-refractivity contribution in [3.05, 3.63) is 29.8 Å². The minimum absolute atomic E-state index is 0.208. The van der Waals surface area contributed by atoms with Gasteiger partial charge in [0.15, 0.2) is 0 Å². The molecular weight excluding hydrogens is 180 g/mol. The molecule has 0 aliphatic carbocycles. The van der Waals surface area contributed by atoms with Crippen molar-refractivity contribution in [3.63, 3.8) is 0 Å². The summed E-state index contributed by atoms with van der Waals surface area (Å²) in [5, 5.41) is 9.42. The summed E-state index contributed by atoms with van der Waals surface area (Å²) in [5.41, 5.74) is 0.872. The van der Waals surface area contributed by atoms with Gasteiger partial charge in [0.1, 0.15) is 5.75 Å². The molecule has 1 N–H and O–H groups in total. The van der Waals surface area contributed by atoms with E-state index in [1.54, 1.807) is 12.1 Å². The molecular formula is C11H14O3. The molecule has 1 rings (SSSR count). The van der Waals surface area contributed by atoms with E-state index < -0.39 is 0 Å². The first-order valence-electron chi connectivity index (χ1n) is 4.57. The van der Waals surface area contributed by atoms with Crippen molar-refractivity contribution >= 4 is 5.97 Å². The molecule has 0 radical (unpaired) electrons. The van der Waals surface area contributed by atoms with Gasteiger partial charge in [-0.2, -0.15) is 0 Å². The lowest BCUT2D eigenvalue weighted by atomic mass is 10.1. The Morgan fingerprint density at radius 2 is 2.14 bits per heavy atom. The van der Waals surface area contributed by atoms with E-state index in [4.69, 9.17) is 0 Å². The zero-order chi connectivity index (χ0) is 10.4. The van der Waals surface area contributed by atoms with Gasteiger partial charge in [-0.25, -0.2) is 0 Å². The predicted molar refractivity (Wildman–Crippen MR) is 53.1 cm³/mol. The Hall–Kier alpha value is -1.51. The average Bonchev–Trinajstić information content (AvgIpc) is 2.20. The standard InChI is InChI=1S/C11H14O3/c1-14-11(13)8-4-6-9-5-2-3-7-10(9)12/h2-3,5,7,12H,4,6,8H2,1H3. The summed E-state index contributed by atoms with van der Waals surface area (Å²) in [6, 6.07) is 7.15. The fraction of sp³-hybridized carbons (Fsp3) is 0.364. The molecule has 14 heavy (non-hydrogen) atoms. The van der Waals surface area contributed by atoms with Crippen LogP contribution in [0.2, 0.25) is 0 Å². The Kier molecular flexibility index (Phi) is 3.98. The van der Waals surface area contributed by atoms with Crippen LogP contribution >= 0.6 is 0 Å². The molecule has 0 unspecified atom stereocenters. The Labute approximate surface area is 83.3 Å². The number of carbonyl (C=O) groups excluding carboxylic acids is 1. The molecule has 76 valence electrons. The fourth-order valence-electron chi connectivity index (χ4n) is 1.25. The Balaban J connectivity index is 2.39. The SMILES string of the molecule is COC(=O)CCCc1ccccc1O. The van der Waals surface area contributed by atoms with Gasteiger partial charge in [0, 0.05) is 6.42 Å². The van der Waals surface area contributed by atoms with Crippen molar-refractivity contribution < 1.29 is 14.6 Å². The van der Waals surface area contributed by atoms with Crippen LogP contribution in [0.5, 0.6) is 5.75 Å². The minimum Gasteiger partial charge on any atom is -0.508 e. The molecule has 0 aliphatic heterocycles. The van der Waals surface area contributed by atoms with Crippen LogP contribution in [0.1, 0.15) is 18.4 Å². The maximum absolute atomic E-state index is 10.8. The predicted octanol–water partition coefficient (Wildman–Crippen LogP) is 1.89. The third-order valence-corrected chi connectivity index (χ3v) is 2.05. The van der Waals surface area contributed by atoms with Gasteiger partial charge in [-0.1, -0.05) is 18.2 Å². The van der Waals surface area contributed by atoms with Crippen LogP contribution < -0.4 is 0 Å². The zero-order valence-corrected chi connectivity index (χ0v) is 8.19.